The number of rotatable bonds is 12. The highest BCUT2D eigenvalue weighted by atomic mass is 32.2. The molecule has 2 aliphatic heterocycles. The predicted octanol–water partition coefficient (Wildman–Crippen LogP) is -2.84. The van der Waals surface area contributed by atoms with Gasteiger partial charge >= 0.3 is 5.97 Å². The lowest BCUT2D eigenvalue weighted by molar-refractivity contribution is -0.173. The van der Waals surface area contributed by atoms with Crippen LogP contribution in [-0.4, -0.2) is 158 Å². The average Bonchev–Trinajstić information content (AvgIpc) is 2.84. The lowest BCUT2D eigenvalue weighted by Crippen LogP contribution is -2.56. The number of carbonyl (C=O) groups excluding carboxylic acids is 3. The second-order valence-electron chi connectivity index (χ2n) is 10.5. The molecule has 2 aliphatic rings. The first-order valence-electron chi connectivity index (χ1n) is 12.7. The van der Waals surface area contributed by atoms with Crippen molar-refractivity contribution in [3.8, 4) is 0 Å². The number of ketones is 1. The highest BCUT2D eigenvalue weighted by Gasteiger charge is 2.41. The summed E-state index contributed by atoms with van der Waals surface area (Å²) in [4.78, 5) is 36.9. The number of amides is 1. The number of ether oxygens (including phenoxy) is 3. The Kier molecular flexibility index (Phi) is 13.4. The van der Waals surface area contributed by atoms with Gasteiger partial charge in [0.1, 0.15) is 61.1 Å². The molecule has 41 heavy (non-hydrogen) atoms. The number of thioether (sulfide) groups is 1. The number of Topliss-reactive ketones (excluding diaryl/α,β-unsaturated/α-hetero) is 1. The van der Waals surface area contributed by atoms with Crippen LogP contribution in [0.4, 0.5) is 0 Å². The van der Waals surface area contributed by atoms with Gasteiger partial charge in [-0.05, 0) is 6.92 Å². The minimum atomic E-state index is -2.56. The van der Waals surface area contributed by atoms with Gasteiger partial charge < -0.3 is 40.0 Å². The minimum Gasteiger partial charge on any atom is -0.463 e. The van der Waals surface area contributed by atoms with Crippen molar-refractivity contribution in [2.24, 2.45) is 8.73 Å². The fraction of sp³-hybridized carbons (Fsp3) is 0.870. The molecule has 0 spiro atoms. The second kappa shape index (κ2) is 15.4. The molecule has 0 aromatic heterocycles. The Hall–Kier alpha value is -1.38. The van der Waals surface area contributed by atoms with Crippen molar-refractivity contribution in [3.63, 3.8) is 0 Å². The van der Waals surface area contributed by atoms with E-state index in [9.17, 15) is 43.2 Å². The molecule has 9 atom stereocenters. The first kappa shape index (κ1) is 35.8. The van der Waals surface area contributed by atoms with Crippen molar-refractivity contribution in [1.29, 1.82) is 0 Å². The van der Waals surface area contributed by atoms with Crippen LogP contribution in [0.15, 0.2) is 8.73 Å². The van der Waals surface area contributed by atoms with Crippen LogP contribution < -0.4 is 5.32 Å². The molecule has 18 heteroatoms. The fourth-order valence-corrected chi connectivity index (χ4v) is 6.64. The molecule has 0 aliphatic carbocycles. The van der Waals surface area contributed by atoms with Crippen LogP contribution in [0, 0.1) is 0 Å². The first-order chi connectivity index (χ1) is 18.9. The number of aliphatic hydroxyl groups excluding tert-OH is 4. The topological polar surface area (TPSA) is 231 Å². The third kappa shape index (κ3) is 12.0. The summed E-state index contributed by atoms with van der Waals surface area (Å²) in [5.74, 6) is -1.78. The highest BCUT2D eigenvalue weighted by molar-refractivity contribution is 8.01. The van der Waals surface area contributed by atoms with E-state index in [-0.39, 0.29) is 31.3 Å². The number of aliphatic hydroxyl groups is 4. The van der Waals surface area contributed by atoms with E-state index in [2.05, 4.69) is 14.0 Å². The zero-order chi connectivity index (χ0) is 31.1. The smallest absolute Gasteiger partial charge is 0.307 e. The van der Waals surface area contributed by atoms with Gasteiger partial charge in [0.2, 0.25) is 5.91 Å². The summed E-state index contributed by atoms with van der Waals surface area (Å²) in [6.07, 6.45) is -2.63. The summed E-state index contributed by atoms with van der Waals surface area (Å²) in [6.45, 7) is 0.394. The van der Waals surface area contributed by atoms with Crippen molar-refractivity contribution >= 4 is 48.9 Å². The third-order valence-electron chi connectivity index (χ3n) is 6.01. The molecule has 0 bridgehead atoms. The zero-order valence-corrected chi connectivity index (χ0v) is 26.1. The zero-order valence-electron chi connectivity index (χ0n) is 23.6. The fourth-order valence-electron chi connectivity index (χ4n) is 4.04. The van der Waals surface area contributed by atoms with E-state index in [1.165, 1.54) is 31.9 Å². The number of nitrogens with one attached hydrogen (secondary N) is 1. The Balaban J connectivity index is 1.93. The van der Waals surface area contributed by atoms with Crippen molar-refractivity contribution < 1.29 is 57.4 Å². The Morgan fingerprint density at radius 3 is 1.88 bits per heavy atom. The molecule has 238 valence electrons. The lowest BCUT2D eigenvalue weighted by Gasteiger charge is -2.36. The highest BCUT2D eigenvalue weighted by Crippen LogP contribution is 2.22. The Bertz CT molecular complexity index is 1170. The predicted molar refractivity (Wildman–Crippen MR) is 151 cm³/mol. The first-order valence-corrected chi connectivity index (χ1v) is 18.4. The molecule has 0 radical (unpaired) electrons. The quantitative estimate of drug-likeness (QED) is 0.135. The molecule has 2 rings (SSSR count). The molecule has 5 N–H and O–H groups in total. The maximum Gasteiger partial charge on any atom is 0.307 e. The van der Waals surface area contributed by atoms with Gasteiger partial charge in [-0.25, -0.2) is 8.73 Å². The SMILES string of the molecule is CC(=O)CSC(CC(=O)OC[C@H]1OC[C@@H](N=S(C)(C)=O)[C@@H](O)[C@H]1O)C(=O)NC[C@H]1OC[C@@H](N=S(C)(C)=O)[C@@H](O)[C@H]1O. The van der Waals surface area contributed by atoms with Crippen molar-refractivity contribution in [1.82, 2.24) is 5.32 Å². The number of nitrogens with zero attached hydrogens (tertiary/aromatic N) is 2. The molecule has 0 saturated carbocycles. The van der Waals surface area contributed by atoms with Crippen LogP contribution in [0.2, 0.25) is 0 Å². The van der Waals surface area contributed by atoms with Gasteiger partial charge in [0.25, 0.3) is 0 Å². The summed E-state index contributed by atoms with van der Waals surface area (Å²) in [7, 11) is -5.11. The van der Waals surface area contributed by atoms with Gasteiger partial charge in [0, 0.05) is 51.0 Å². The molecule has 2 fully saturated rings. The summed E-state index contributed by atoms with van der Waals surface area (Å²) >= 11 is 0.906. The van der Waals surface area contributed by atoms with Gasteiger partial charge in [-0.15, -0.1) is 11.8 Å². The molecule has 2 heterocycles. The van der Waals surface area contributed by atoms with Gasteiger partial charge in [0.15, 0.2) is 0 Å². The Morgan fingerprint density at radius 2 is 1.39 bits per heavy atom. The van der Waals surface area contributed by atoms with E-state index < -0.39 is 98.3 Å². The summed E-state index contributed by atoms with van der Waals surface area (Å²) in [6, 6.07) is -1.82. The molecule has 15 nitrogen and oxygen atoms in total. The van der Waals surface area contributed by atoms with Crippen LogP contribution in [0.5, 0.6) is 0 Å². The van der Waals surface area contributed by atoms with Gasteiger partial charge in [-0.2, -0.15) is 0 Å². The maximum atomic E-state index is 12.9. The van der Waals surface area contributed by atoms with E-state index in [0.29, 0.717) is 0 Å². The van der Waals surface area contributed by atoms with Crippen LogP contribution >= 0.6 is 11.8 Å². The monoisotopic (exact) mass is 647 g/mol. The van der Waals surface area contributed by atoms with Gasteiger partial charge in [0.05, 0.1) is 30.6 Å². The summed E-state index contributed by atoms with van der Waals surface area (Å²) in [5, 5.41) is 42.9. The number of esters is 1. The van der Waals surface area contributed by atoms with Crippen molar-refractivity contribution in [2.45, 2.75) is 67.3 Å². The number of carbonyl (C=O) groups is 3. The number of hydrogen-bond donors (Lipinski definition) is 5. The Labute approximate surface area is 244 Å². The third-order valence-corrected chi connectivity index (χ3v) is 8.92. The molecule has 0 aromatic carbocycles. The normalized spacial score (nSPS) is 31.5. The van der Waals surface area contributed by atoms with Gasteiger partial charge in [-0.1, -0.05) is 0 Å². The van der Waals surface area contributed by atoms with Crippen molar-refractivity contribution in [3.05, 3.63) is 0 Å². The van der Waals surface area contributed by atoms with Gasteiger partial charge in [-0.3, -0.25) is 22.8 Å². The van der Waals surface area contributed by atoms with E-state index in [1.807, 2.05) is 0 Å². The average molecular weight is 648 g/mol. The molecular formula is C23H41N3O12S3. The molecule has 1 unspecified atom stereocenters. The molecule has 2 saturated heterocycles. The molecule has 0 aromatic rings. The van der Waals surface area contributed by atoms with Crippen LogP contribution in [0.1, 0.15) is 13.3 Å². The number of hydrogen-bond acceptors (Lipinski definition) is 15. The Morgan fingerprint density at radius 1 is 0.902 bits per heavy atom. The van der Waals surface area contributed by atoms with Crippen molar-refractivity contribution in [2.75, 3.05) is 57.1 Å². The van der Waals surface area contributed by atoms with E-state index >= 15 is 0 Å². The van der Waals surface area contributed by atoms with Crippen LogP contribution in [0.25, 0.3) is 0 Å². The summed E-state index contributed by atoms with van der Waals surface area (Å²) in [5.41, 5.74) is 0. The van der Waals surface area contributed by atoms with E-state index in [0.717, 1.165) is 11.8 Å². The minimum absolute atomic E-state index is 0.0668. The van der Waals surface area contributed by atoms with E-state index in [1.54, 1.807) is 0 Å². The largest absolute Gasteiger partial charge is 0.463 e. The lowest BCUT2D eigenvalue weighted by atomic mass is 9.98. The maximum absolute atomic E-state index is 12.9. The molecular weight excluding hydrogens is 606 g/mol. The molecule has 1 amide bonds. The van der Waals surface area contributed by atoms with Crippen LogP contribution in [-0.2, 0) is 48.1 Å². The standard InChI is InChI=1S/C23H41N3O12S3/c1-12(27)11-39-17(23(33)24-7-15-21(31)19(29)13(8-36-15)25-40(2,3)34)6-18(28)38-10-16-22(32)20(30)14(9-37-16)26-41(4,5)35/h13-17,19-22,29-32H,6-11H2,1-5H3,(H,24,33)/t13-,14-,15-,16-,17?,19-,20-,21+,22+/m1/s1. The summed E-state index contributed by atoms with van der Waals surface area (Å²) < 4.78 is 47.9. The van der Waals surface area contributed by atoms with Crippen LogP contribution in [0.3, 0.4) is 0 Å². The van der Waals surface area contributed by atoms with E-state index in [4.69, 9.17) is 14.2 Å². The second-order valence-corrected chi connectivity index (χ2v) is 16.9.